The van der Waals surface area contributed by atoms with Crippen LogP contribution in [-0.2, 0) is 4.79 Å². The van der Waals surface area contributed by atoms with Crippen LogP contribution in [0.3, 0.4) is 0 Å². The van der Waals surface area contributed by atoms with Crippen molar-refractivity contribution in [1.29, 1.82) is 0 Å². The Kier molecular flexibility index (Phi) is 6.42. The summed E-state index contributed by atoms with van der Waals surface area (Å²) in [5.74, 6) is 0.647. The van der Waals surface area contributed by atoms with Gasteiger partial charge < -0.3 is 15.4 Å². The smallest absolute Gasteiger partial charge is 0.260 e. The van der Waals surface area contributed by atoms with Crippen molar-refractivity contribution >= 4 is 29.9 Å². The van der Waals surface area contributed by atoms with Crippen LogP contribution in [0.4, 0.5) is 0 Å². The summed E-state index contributed by atoms with van der Waals surface area (Å²) in [5.41, 5.74) is 5.64. The second-order valence-electron chi connectivity index (χ2n) is 4.36. The molecule has 1 amide bonds. The number of likely N-dealkylation sites (tertiary alicyclic amines) is 1. The Morgan fingerprint density at radius 1 is 1.42 bits per heavy atom. The van der Waals surface area contributed by atoms with Crippen molar-refractivity contribution in [2.75, 3.05) is 19.7 Å². The molecular formula is C13H18Cl2N2O2. The van der Waals surface area contributed by atoms with E-state index in [1.54, 1.807) is 24.3 Å². The van der Waals surface area contributed by atoms with E-state index in [1.807, 2.05) is 4.90 Å². The Hall–Kier alpha value is -0.970. The van der Waals surface area contributed by atoms with Crippen molar-refractivity contribution in [2.45, 2.75) is 18.9 Å². The molecule has 0 aromatic heterocycles. The number of hydrogen-bond donors (Lipinski definition) is 1. The van der Waals surface area contributed by atoms with Gasteiger partial charge in [-0.15, -0.1) is 12.4 Å². The molecule has 106 valence electrons. The summed E-state index contributed by atoms with van der Waals surface area (Å²) in [6.45, 7) is 1.36. The first-order valence-electron chi connectivity index (χ1n) is 6.08. The normalized spacial score (nSPS) is 18.0. The van der Waals surface area contributed by atoms with Gasteiger partial charge in [-0.3, -0.25) is 4.79 Å². The molecule has 1 aliphatic heterocycles. The van der Waals surface area contributed by atoms with E-state index in [9.17, 15) is 4.79 Å². The third-order valence-electron chi connectivity index (χ3n) is 3.15. The highest BCUT2D eigenvalue weighted by atomic mass is 35.5. The number of nitrogens with two attached hydrogens (primary N) is 1. The second kappa shape index (κ2) is 7.58. The van der Waals surface area contributed by atoms with Gasteiger partial charge in [0, 0.05) is 24.2 Å². The highest BCUT2D eigenvalue weighted by molar-refractivity contribution is 6.30. The number of amides is 1. The SMILES string of the molecule is Cl.NCC1CCCN1C(=O)COc1ccc(Cl)cc1. The molecule has 1 aromatic carbocycles. The van der Waals surface area contributed by atoms with Crippen molar-refractivity contribution in [2.24, 2.45) is 5.73 Å². The molecule has 1 aromatic rings. The molecule has 1 aliphatic rings. The van der Waals surface area contributed by atoms with Gasteiger partial charge in [-0.2, -0.15) is 0 Å². The fourth-order valence-corrected chi connectivity index (χ4v) is 2.29. The molecule has 0 bridgehead atoms. The lowest BCUT2D eigenvalue weighted by Crippen LogP contribution is -2.42. The fraction of sp³-hybridized carbons (Fsp3) is 0.462. The van der Waals surface area contributed by atoms with E-state index in [4.69, 9.17) is 22.1 Å². The number of nitrogens with zero attached hydrogens (tertiary/aromatic N) is 1. The lowest BCUT2D eigenvalue weighted by atomic mass is 10.2. The maximum Gasteiger partial charge on any atom is 0.260 e. The first-order chi connectivity index (χ1) is 8.70. The van der Waals surface area contributed by atoms with Crippen molar-refractivity contribution in [1.82, 2.24) is 4.90 Å². The lowest BCUT2D eigenvalue weighted by Gasteiger charge is -2.23. The molecule has 1 heterocycles. The van der Waals surface area contributed by atoms with Gasteiger partial charge in [0.15, 0.2) is 6.61 Å². The largest absolute Gasteiger partial charge is 0.484 e. The van der Waals surface area contributed by atoms with E-state index < -0.39 is 0 Å². The molecule has 19 heavy (non-hydrogen) atoms. The van der Waals surface area contributed by atoms with Crippen LogP contribution in [0.25, 0.3) is 0 Å². The van der Waals surface area contributed by atoms with Gasteiger partial charge in [-0.25, -0.2) is 0 Å². The zero-order valence-corrected chi connectivity index (χ0v) is 12.1. The lowest BCUT2D eigenvalue weighted by molar-refractivity contribution is -0.134. The zero-order valence-electron chi connectivity index (χ0n) is 10.5. The van der Waals surface area contributed by atoms with E-state index in [-0.39, 0.29) is 31.0 Å². The minimum Gasteiger partial charge on any atom is -0.484 e. The van der Waals surface area contributed by atoms with E-state index in [2.05, 4.69) is 0 Å². The number of benzene rings is 1. The maximum atomic E-state index is 12.0. The van der Waals surface area contributed by atoms with E-state index in [0.29, 0.717) is 17.3 Å². The van der Waals surface area contributed by atoms with E-state index in [0.717, 1.165) is 19.4 Å². The Morgan fingerprint density at radius 2 is 2.11 bits per heavy atom. The summed E-state index contributed by atoms with van der Waals surface area (Å²) in [6.07, 6.45) is 2.01. The molecule has 1 saturated heterocycles. The third kappa shape index (κ3) is 4.27. The molecule has 1 unspecified atom stereocenters. The number of hydrogen-bond acceptors (Lipinski definition) is 3. The van der Waals surface area contributed by atoms with Crippen molar-refractivity contribution in [3.05, 3.63) is 29.3 Å². The van der Waals surface area contributed by atoms with Gasteiger partial charge in [-0.05, 0) is 37.1 Å². The quantitative estimate of drug-likeness (QED) is 0.926. The molecule has 6 heteroatoms. The van der Waals surface area contributed by atoms with Crippen molar-refractivity contribution in [3.63, 3.8) is 0 Å². The fourth-order valence-electron chi connectivity index (χ4n) is 2.17. The highest BCUT2D eigenvalue weighted by Crippen LogP contribution is 2.18. The summed E-state index contributed by atoms with van der Waals surface area (Å²) < 4.78 is 5.44. The summed E-state index contributed by atoms with van der Waals surface area (Å²) in [6, 6.07) is 7.14. The average Bonchev–Trinajstić information content (AvgIpc) is 2.86. The Labute approximate surface area is 124 Å². The first-order valence-corrected chi connectivity index (χ1v) is 6.46. The molecule has 0 saturated carbocycles. The van der Waals surface area contributed by atoms with Gasteiger partial charge >= 0.3 is 0 Å². The predicted octanol–water partition coefficient (Wildman–Crippen LogP) is 2.09. The third-order valence-corrected chi connectivity index (χ3v) is 3.40. The minimum absolute atomic E-state index is 0. The molecule has 0 radical (unpaired) electrons. The van der Waals surface area contributed by atoms with Crippen LogP contribution in [0, 0.1) is 0 Å². The number of carbonyl (C=O) groups is 1. The number of rotatable bonds is 4. The molecule has 4 nitrogen and oxygen atoms in total. The Balaban J connectivity index is 0.00000180. The second-order valence-corrected chi connectivity index (χ2v) is 4.80. The molecular weight excluding hydrogens is 287 g/mol. The zero-order chi connectivity index (χ0) is 13.0. The van der Waals surface area contributed by atoms with Crippen molar-refractivity contribution in [3.8, 4) is 5.75 Å². The van der Waals surface area contributed by atoms with Gasteiger partial charge in [0.05, 0.1) is 0 Å². The van der Waals surface area contributed by atoms with Crippen LogP contribution in [0.1, 0.15) is 12.8 Å². The Bertz CT molecular complexity index is 412. The summed E-state index contributed by atoms with van der Waals surface area (Å²) in [4.78, 5) is 13.8. The van der Waals surface area contributed by atoms with Crippen LogP contribution in [0.2, 0.25) is 5.02 Å². The van der Waals surface area contributed by atoms with E-state index in [1.165, 1.54) is 0 Å². The molecule has 0 spiro atoms. The molecule has 2 N–H and O–H groups in total. The first kappa shape index (κ1) is 16.1. The summed E-state index contributed by atoms with van der Waals surface area (Å²) in [7, 11) is 0. The van der Waals surface area contributed by atoms with Crippen LogP contribution in [0.15, 0.2) is 24.3 Å². The monoisotopic (exact) mass is 304 g/mol. The van der Waals surface area contributed by atoms with E-state index >= 15 is 0 Å². The minimum atomic E-state index is -0.00194. The van der Waals surface area contributed by atoms with Crippen LogP contribution >= 0.6 is 24.0 Å². The van der Waals surface area contributed by atoms with Gasteiger partial charge in [-0.1, -0.05) is 11.6 Å². The molecule has 0 aliphatic carbocycles. The van der Waals surface area contributed by atoms with Crippen LogP contribution < -0.4 is 10.5 Å². The topological polar surface area (TPSA) is 55.6 Å². The highest BCUT2D eigenvalue weighted by Gasteiger charge is 2.27. The van der Waals surface area contributed by atoms with Gasteiger partial charge in [0.25, 0.3) is 5.91 Å². The average molecular weight is 305 g/mol. The van der Waals surface area contributed by atoms with Crippen LogP contribution in [-0.4, -0.2) is 36.5 Å². The maximum absolute atomic E-state index is 12.0. The van der Waals surface area contributed by atoms with Crippen LogP contribution in [0.5, 0.6) is 5.75 Å². The molecule has 2 rings (SSSR count). The standard InChI is InChI=1S/C13H17ClN2O2.ClH/c14-10-3-5-12(6-4-10)18-9-13(17)16-7-1-2-11(16)8-15;/h3-6,11H,1-2,7-9,15H2;1H. The van der Waals surface area contributed by atoms with Crippen molar-refractivity contribution < 1.29 is 9.53 Å². The van der Waals surface area contributed by atoms with Gasteiger partial charge in [0.1, 0.15) is 5.75 Å². The predicted molar refractivity (Wildman–Crippen MR) is 78.0 cm³/mol. The summed E-state index contributed by atoms with van der Waals surface area (Å²) >= 11 is 5.77. The number of carbonyl (C=O) groups excluding carboxylic acids is 1. The number of halogens is 2. The molecule has 1 atom stereocenters. The summed E-state index contributed by atoms with van der Waals surface area (Å²) in [5, 5.41) is 0.649. The van der Waals surface area contributed by atoms with Gasteiger partial charge in [0.2, 0.25) is 0 Å². The Morgan fingerprint density at radius 3 is 2.74 bits per heavy atom. The number of ether oxygens (including phenoxy) is 1. The molecule has 1 fully saturated rings.